The third kappa shape index (κ3) is 5.50. The summed E-state index contributed by atoms with van der Waals surface area (Å²) in [4.78, 5) is 12.2. The van der Waals surface area contributed by atoms with E-state index in [-0.39, 0.29) is 12.5 Å². The highest BCUT2D eigenvalue weighted by atomic mass is 79.9. The van der Waals surface area contributed by atoms with Crippen molar-refractivity contribution >= 4 is 51.1 Å². The van der Waals surface area contributed by atoms with E-state index in [9.17, 15) is 4.79 Å². The molecule has 0 saturated heterocycles. The number of carbonyl (C=O) groups excluding carboxylic acids is 1. The molecule has 1 N–H and O–H groups in total. The lowest BCUT2D eigenvalue weighted by atomic mass is 10.2. The fraction of sp³-hybridized carbons (Fsp3) is 0.0417. The average molecular weight is 517 g/mol. The molecule has 0 aliphatic rings. The predicted octanol–water partition coefficient (Wildman–Crippen LogP) is 7.61. The van der Waals surface area contributed by atoms with Crippen LogP contribution in [0.5, 0.6) is 0 Å². The average Bonchev–Trinajstić information content (AvgIpc) is 3.41. The Labute approximate surface area is 197 Å². The number of hydrogen-bond donors (Lipinski definition) is 1. The molecule has 0 saturated carbocycles. The van der Waals surface area contributed by atoms with E-state index in [1.165, 1.54) is 6.08 Å². The lowest BCUT2D eigenvalue weighted by Gasteiger charge is -2.01. The Morgan fingerprint density at radius 3 is 2.48 bits per heavy atom. The van der Waals surface area contributed by atoms with E-state index in [0.29, 0.717) is 27.3 Å². The quantitative estimate of drug-likeness (QED) is 0.268. The smallest absolute Gasteiger partial charge is 0.244 e. The first kappa shape index (κ1) is 21.5. The third-order valence-electron chi connectivity index (χ3n) is 4.45. The summed E-state index contributed by atoms with van der Waals surface area (Å²) in [5, 5.41) is 3.84. The number of rotatable bonds is 6. The second kappa shape index (κ2) is 9.60. The molecule has 156 valence electrons. The summed E-state index contributed by atoms with van der Waals surface area (Å²) >= 11 is 15.6. The molecule has 0 spiro atoms. The number of halogens is 3. The molecule has 0 unspecified atom stereocenters. The van der Waals surface area contributed by atoms with Crippen LogP contribution < -0.4 is 5.32 Å². The van der Waals surface area contributed by atoms with Crippen molar-refractivity contribution in [2.75, 3.05) is 0 Å². The molecule has 31 heavy (non-hydrogen) atoms. The van der Waals surface area contributed by atoms with Gasteiger partial charge in [0.1, 0.15) is 23.0 Å². The Morgan fingerprint density at radius 2 is 1.71 bits per heavy atom. The van der Waals surface area contributed by atoms with Crippen molar-refractivity contribution in [1.82, 2.24) is 5.32 Å². The van der Waals surface area contributed by atoms with Crippen LogP contribution in [-0.4, -0.2) is 5.91 Å². The molecule has 1 amide bonds. The molecule has 0 bridgehead atoms. The Morgan fingerprint density at radius 1 is 0.935 bits per heavy atom. The van der Waals surface area contributed by atoms with E-state index in [1.54, 1.807) is 36.4 Å². The summed E-state index contributed by atoms with van der Waals surface area (Å²) < 4.78 is 12.6. The first-order valence-corrected chi connectivity index (χ1v) is 10.9. The lowest BCUT2D eigenvalue weighted by molar-refractivity contribution is -0.116. The summed E-state index contributed by atoms with van der Waals surface area (Å²) in [5.74, 6) is 2.28. The monoisotopic (exact) mass is 515 g/mol. The molecule has 0 radical (unpaired) electrons. The Bertz CT molecular complexity index is 1240. The fourth-order valence-electron chi connectivity index (χ4n) is 2.91. The Kier molecular flexibility index (Phi) is 6.66. The van der Waals surface area contributed by atoms with Gasteiger partial charge in [0.05, 0.1) is 11.6 Å². The Hall–Kier alpha value is -2.73. The SMILES string of the molecule is O=C(/C=C/c1ccc(-c2ccc(Cl)cc2Cl)o1)NCc1ccc(-c2ccc(Br)cc2)o1. The van der Waals surface area contributed by atoms with Gasteiger partial charge in [-0.15, -0.1) is 0 Å². The number of nitrogens with one attached hydrogen (secondary N) is 1. The van der Waals surface area contributed by atoms with Crippen LogP contribution in [0.3, 0.4) is 0 Å². The largest absolute Gasteiger partial charge is 0.459 e. The van der Waals surface area contributed by atoms with E-state index in [0.717, 1.165) is 21.4 Å². The van der Waals surface area contributed by atoms with Crippen molar-refractivity contribution in [1.29, 1.82) is 0 Å². The van der Waals surface area contributed by atoms with Gasteiger partial charge in [0.15, 0.2) is 0 Å². The zero-order chi connectivity index (χ0) is 21.8. The first-order chi connectivity index (χ1) is 15.0. The second-order valence-corrected chi connectivity index (χ2v) is 8.41. The van der Waals surface area contributed by atoms with E-state index in [4.69, 9.17) is 32.0 Å². The van der Waals surface area contributed by atoms with Crippen LogP contribution in [-0.2, 0) is 11.3 Å². The van der Waals surface area contributed by atoms with Crippen molar-refractivity contribution in [3.05, 3.63) is 98.8 Å². The minimum absolute atomic E-state index is 0.260. The summed E-state index contributed by atoms with van der Waals surface area (Å²) in [5.41, 5.74) is 1.70. The topological polar surface area (TPSA) is 55.4 Å². The minimum atomic E-state index is -0.260. The number of benzene rings is 2. The van der Waals surface area contributed by atoms with Crippen molar-refractivity contribution in [3.8, 4) is 22.6 Å². The van der Waals surface area contributed by atoms with Gasteiger partial charge in [0, 0.05) is 26.7 Å². The van der Waals surface area contributed by atoms with Crippen molar-refractivity contribution in [2.45, 2.75) is 6.54 Å². The van der Waals surface area contributed by atoms with Crippen LogP contribution in [0, 0.1) is 0 Å². The zero-order valence-corrected chi connectivity index (χ0v) is 19.2. The molecular weight excluding hydrogens is 501 g/mol. The molecule has 4 nitrogen and oxygen atoms in total. The van der Waals surface area contributed by atoms with Gasteiger partial charge >= 0.3 is 0 Å². The van der Waals surface area contributed by atoms with Gasteiger partial charge < -0.3 is 14.2 Å². The van der Waals surface area contributed by atoms with Crippen LogP contribution >= 0.6 is 39.1 Å². The van der Waals surface area contributed by atoms with Gasteiger partial charge in [0.2, 0.25) is 5.91 Å². The Balaban J connectivity index is 1.34. The van der Waals surface area contributed by atoms with Crippen LogP contribution in [0.4, 0.5) is 0 Å². The third-order valence-corrected chi connectivity index (χ3v) is 5.53. The molecule has 4 aromatic rings. The van der Waals surface area contributed by atoms with Gasteiger partial charge in [-0.25, -0.2) is 0 Å². The molecule has 2 aromatic carbocycles. The highest BCUT2D eigenvalue weighted by molar-refractivity contribution is 9.10. The summed E-state index contributed by atoms with van der Waals surface area (Å²) in [6.07, 6.45) is 3.00. The van der Waals surface area contributed by atoms with E-state index < -0.39 is 0 Å². The predicted molar refractivity (Wildman–Crippen MR) is 127 cm³/mol. The van der Waals surface area contributed by atoms with Crippen LogP contribution in [0.15, 0.2) is 86.1 Å². The minimum Gasteiger partial charge on any atom is -0.459 e. The second-order valence-electron chi connectivity index (χ2n) is 6.65. The van der Waals surface area contributed by atoms with Crippen molar-refractivity contribution < 1.29 is 13.6 Å². The maximum absolute atomic E-state index is 12.2. The number of furan rings is 2. The van der Waals surface area contributed by atoms with Gasteiger partial charge in [-0.1, -0.05) is 51.3 Å². The van der Waals surface area contributed by atoms with Crippen molar-refractivity contribution in [3.63, 3.8) is 0 Å². The summed E-state index contributed by atoms with van der Waals surface area (Å²) in [6, 6.07) is 20.3. The number of amides is 1. The van der Waals surface area contributed by atoms with Gasteiger partial charge in [-0.2, -0.15) is 0 Å². The molecule has 4 rings (SSSR count). The maximum atomic E-state index is 12.2. The van der Waals surface area contributed by atoms with Crippen LogP contribution in [0.2, 0.25) is 10.0 Å². The molecule has 2 aromatic heterocycles. The lowest BCUT2D eigenvalue weighted by Crippen LogP contribution is -2.19. The summed E-state index contributed by atoms with van der Waals surface area (Å²) in [6.45, 7) is 0.281. The highest BCUT2D eigenvalue weighted by Gasteiger charge is 2.09. The maximum Gasteiger partial charge on any atom is 0.244 e. The molecular formula is C24H16BrCl2NO3. The molecule has 0 fully saturated rings. The van der Waals surface area contributed by atoms with E-state index >= 15 is 0 Å². The first-order valence-electron chi connectivity index (χ1n) is 9.34. The zero-order valence-electron chi connectivity index (χ0n) is 16.1. The highest BCUT2D eigenvalue weighted by Crippen LogP contribution is 2.31. The van der Waals surface area contributed by atoms with E-state index in [2.05, 4.69) is 21.2 Å². The van der Waals surface area contributed by atoms with Crippen LogP contribution in [0.1, 0.15) is 11.5 Å². The molecule has 2 heterocycles. The standard InChI is InChI=1S/C24H16BrCl2NO3/c25-16-3-1-15(2-4-16)22-10-7-19(31-22)14-28-24(29)12-8-18-6-11-23(30-18)20-9-5-17(26)13-21(20)27/h1-13H,14H2,(H,28,29)/b12-8+. The van der Waals surface area contributed by atoms with E-state index in [1.807, 2.05) is 36.4 Å². The van der Waals surface area contributed by atoms with Gasteiger partial charge in [-0.3, -0.25) is 4.79 Å². The fourth-order valence-corrected chi connectivity index (χ4v) is 3.68. The van der Waals surface area contributed by atoms with Crippen LogP contribution in [0.25, 0.3) is 28.7 Å². The number of carbonyl (C=O) groups is 1. The molecule has 0 aliphatic carbocycles. The number of hydrogen-bond acceptors (Lipinski definition) is 3. The summed E-state index contributed by atoms with van der Waals surface area (Å²) in [7, 11) is 0. The van der Waals surface area contributed by atoms with Gasteiger partial charge in [-0.05, 0) is 60.7 Å². The molecule has 0 aliphatic heterocycles. The van der Waals surface area contributed by atoms with Crippen molar-refractivity contribution in [2.24, 2.45) is 0 Å². The molecule has 0 atom stereocenters. The molecule has 7 heteroatoms. The van der Waals surface area contributed by atoms with Gasteiger partial charge in [0.25, 0.3) is 0 Å². The normalized spacial score (nSPS) is 11.2.